The van der Waals surface area contributed by atoms with E-state index in [1.165, 1.54) is 11.0 Å². The summed E-state index contributed by atoms with van der Waals surface area (Å²) < 4.78 is 0. The maximum atomic E-state index is 11.7. The summed E-state index contributed by atoms with van der Waals surface area (Å²) in [5.74, 6) is 5.92. The van der Waals surface area contributed by atoms with Gasteiger partial charge in [0, 0.05) is 18.2 Å². The summed E-state index contributed by atoms with van der Waals surface area (Å²) in [4.78, 5) is 13.2. The molecule has 0 heterocycles. The highest BCUT2D eigenvalue weighted by Gasteiger charge is 2.10. The van der Waals surface area contributed by atoms with E-state index < -0.39 is 0 Å². The molecule has 0 aliphatic heterocycles. The van der Waals surface area contributed by atoms with Crippen LogP contribution in [0.4, 0.5) is 5.69 Å². The highest BCUT2D eigenvalue weighted by atomic mass is 35.5. The van der Waals surface area contributed by atoms with E-state index in [-0.39, 0.29) is 5.91 Å². The highest BCUT2D eigenvalue weighted by Crippen LogP contribution is 2.19. The van der Waals surface area contributed by atoms with Gasteiger partial charge < -0.3 is 4.90 Å². The molecule has 0 saturated heterocycles. The lowest BCUT2D eigenvalue weighted by molar-refractivity contribution is -0.113. The lowest BCUT2D eigenvalue weighted by Gasteiger charge is -2.16. The molecule has 0 saturated carbocycles. The summed E-state index contributed by atoms with van der Waals surface area (Å²) in [6.07, 6.45) is 1.28. The van der Waals surface area contributed by atoms with Crippen molar-refractivity contribution in [2.45, 2.75) is 0 Å². The van der Waals surface area contributed by atoms with Gasteiger partial charge in [0.2, 0.25) is 5.91 Å². The smallest absolute Gasteiger partial charge is 0.250 e. The fraction of sp³-hybridized carbons (Fsp3) is 0.0556. The minimum atomic E-state index is -0.179. The van der Waals surface area contributed by atoms with E-state index in [1.54, 1.807) is 13.1 Å². The number of hydrogen-bond donors (Lipinski definition) is 0. The normalized spacial score (nSPS) is 9.43. The molecule has 0 aromatic heterocycles. The van der Waals surface area contributed by atoms with E-state index in [0.717, 1.165) is 16.8 Å². The third-order valence-corrected chi connectivity index (χ3v) is 3.31. The predicted octanol–water partition coefficient (Wildman–Crippen LogP) is 3.89. The van der Waals surface area contributed by atoms with Crippen molar-refractivity contribution in [2.24, 2.45) is 0 Å². The quantitative estimate of drug-likeness (QED) is 0.608. The third kappa shape index (κ3) is 3.53. The van der Waals surface area contributed by atoms with Gasteiger partial charge in [0.25, 0.3) is 0 Å². The fourth-order valence-electron chi connectivity index (χ4n) is 1.82. The molecule has 0 aliphatic rings. The number of carbonyl (C=O) groups is 1. The second-order valence-electron chi connectivity index (χ2n) is 4.35. The first kappa shape index (κ1) is 14.9. The minimum absolute atomic E-state index is 0.179. The first-order valence-corrected chi connectivity index (χ1v) is 6.77. The molecule has 3 heteroatoms. The molecule has 0 spiro atoms. The Morgan fingerprint density at radius 1 is 1.10 bits per heavy atom. The van der Waals surface area contributed by atoms with E-state index >= 15 is 0 Å². The zero-order chi connectivity index (χ0) is 15.2. The molecule has 2 rings (SSSR count). The first-order chi connectivity index (χ1) is 10.1. The van der Waals surface area contributed by atoms with E-state index in [0.29, 0.717) is 5.02 Å². The summed E-state index contributed by atoms with van der Waals surface area (Å²) in [5.41, 5.74) is 2.25. The van der Waals surface area contributed by atoms with E-state index in [1.807, 2.05) is 42.5 Å². The molecule has 0 radical (unpaired) electrons. The molecule has 0 unspecified atom stereocenters. The Hall–Kier alpha value is -2.50. The number of carbonyl (C=O) groups excluding carboxylic acids is 1. The zero-order valence-electron chi connectivity index (χ0n) is 11.6. The van der Waals surface area contributed by atoms with Gasteiger partial charge in [-0.25, -0.2) is 0 Å². The Morgan fingerprint density at radius 2 is 1.67 bits per heavy atom. The number of hydrogen-bond acceptors (Lipinski definition) is 1. The molecule has 2 nitrogen and oxygen atoms in total. The topological polar surface area (TPSA) is 20.3 Å². The number of benzene rings is 2. The van der Waals surface area contributed by atoms with Gasteiger partial charge in [-0.2, -0.15) is 0 Å². The second kappa shape index (κ2) is 6.78. The Kier molecular flexibility index (Phi) is 4.81. The second-order valence-corrected chi connectivity index (χ2v) is 4.76. The molecule has 21 heavy (non-hydrogen) atoms. The van der Waals surface area contributed by atoms with Crippen molar-refractivity contribution in [3.63, 3.8) is 0 Å². The monoisotopic (exact) mass is 295 g/mol. The van der Waals surface area contributed by atoms with Gasteiger partial charge in [-0.1, -0.05) is 54.3 Å². The van der Waals surface area contributed by atoms with Gasteiger partial charge in [0.1, 0.15) is 0 Å². The molecule has 2 aromatic rings. The predicted molar refractivity (Wildman–Crippen MR) is 87.5 cm³/mol. The minimum Gasteiger partial charge on any atom is -0.311 e. The van der Waals surface area contributed by atoms with Crippen LogP contribution in [0.1, 0.15) is 11.1 Å². The Balaban J connectivity index is 2.41. The Labute approximate surface area is 129 Å². The van der Waals surface area contributed by atoms with Crippen molar-refractivity contribution in [3.8, 4) is 11.8 Å². The summed E-state index contributed by atoms with van der Waals surface area (Å²) in [5, 5.41) is 0.609. The van der Waals surface area contributed by atoms with Crippen LogP contribution >= 0.6 is 11.6 Å². The van der Waals surface area contributed by atoms with Crippen molar-refractivity contribution in [1.29, 1.82) is 0 Å². The van der Waals surface area contributed by atoms with Gasteiger partial charge in [0.15, 0.2) is 0 Å². The summed E-state index contributed by atoms with van der Waals surface area (Å²) in [7, 11) is 1.69. The maximum absolute atomic E-state index is 11.7. The Bertz CT molecular complexity index is 740. The van der Waals surface area contributed by atoms with Gasteiger partial charge in [-0.3, -0.25) is 4.79 Å². The van der Waals surface area contributed by atoms with Gasteiger partial charge in [0.05, 0.1) is 10.7 Å². The maximum Gasteiger partial charge on any atom is 0.250 e. The summed E-state index contributed by atoms with van der Waals surface area (Å²) in [6, 6.07) is 14.9. The van der Waals surface area contributed by atoms with E-state index in [4.69, 9.17) is 11.6 Å². The van der Waals surface area contributed by atoms with Crippen LogP contribution in [0.5, 0.6) is 0 Å². The number of nitrogens with zero attached hydrogens (tertiary/aromatic N) is 1. The molecular weight excluding hydrogens is 282 g/mol. The average molecular weight is 296 g/mol. The number of rotatable bonds is 2. The SMILES string of the molecule is C=CC(=O)N(C)c1ccccc1C#Cc1ccccc1Cl. The van der Waals surface area contributed by atoms with Crippen molar-refractivity contribution in [1.82, 2.24) is 0 Å². The number of halogens is 1. The Morgan fingerprint density at radius 3 is 2.33 bits per heavy atom. The largest absolute Gasteiger partial charge is 0.311 e. The molecule has 2 aromatic carbocycles. The fourth-order valence-corrected chi connectivity index (χ4v) is 2.01. The molecule has 0 fully saturated rings. The molecule has 1 amide bonds. The van der Waals surface area contributed by atoms with Crippen LogP contribution < -0.4 is 4.90 Å². The van der Waals surface area contributed by atoms with Crippen LogP contribution in [0, 0.1) is 11.8 Å². The molecule has 0 bridgehead atoms. The van der Waals surface area contributed by atoms with Crippen LogP contribution in [-0.2, 0) is 4.79 Å². The van der Waals surface area contributed by atoms with E-state index in [9.17, 15) is 4.79 Å². The lowest BCUT2D eigenvalue weighted by atomic mass is 10.1. The van der Waals surface area contributed by atoms with Crippen LogP contribution in [0.2, 0.25) is 5.02 Å². The summed E-state index contributed by atoms with van der Waals surface area (Å²) >= 11 is 6.09. The van der Waals surface area contributed by atoms with Crippen LogP contribution in [-0.4, -0.2) is 13.0 Å². The average Bonchev–Trinajstić information content (AvgIpc) is 2.53. The zero-order valence-corrected chi connectivity index (χ0v) is 12.4. The van der Waals surface area contributed by atoms with E-state index in [2.05, 4.69) is 18.4 Å². The third-order valence-electron chi connectivity index (χ3n) is 2.98. The van der Waals surface area contributed by atoms with Gasteiger partial charge in [-0.05, 0) is 30.3 Å². The van der Waals surface area contributed by atoms with Crippen LogP contribution in [0.3, 0.4) is 0 Å². The molecular formula is C18H14ClNO. The number of amides is 1. The van der Waals surface area contributed by atoms with Crippen molar-refractivity contribution in [3.05, 3.63) is 77.3 Å². The standard InChI is InChI=1S/C18H14ClNO/c1-3-18(21)20(2)17-11-7-5-9-15(17)13-12-14-8-4-6-10-16(14)19/h3-11H,1H2,2H3. The molecule has 104 valence electrons. The van der Waals surface area contributed by atoms with Crippen molar-refractivity contribution < 1.29 is 4.79 Å². The highest BCUT2D eigenvalue weighted by molar-refractivity contribution is 6.31. The summed E-state index contributed by atoms with van der Waals surface area (Å²) in [6.45, 7) is 3.50. The van der Waals surface area contributed by atoms with Gasteiger partial charge >= 0.3 is 0 Å². The number of anilines is 1. The molecule has 0 N–H and O–H groups in total. The number of para-hydroxylation sites is 1. The molecule has 0 atom stereocenters. The lowest BCUT2D eigenvalue weighted by Crippen LogP contribution is -2.24. The van der Waals surface area contributed by atoms with Crippen LogP contribution in [0.25, 0.3) is 0 Å². The first-order valence-electron chi connectivity index (χ1n) is 6.39. The van der Waals surface area contributed by atoms with Crippen molar-refractivity contribution in [2.75, 3.05) is 11.9 Å². The number of likely N-dealkylation sites (N-methyl/N-ethyl adjacent to an activating group) is 1. The van der Waals surface area contributed by atoms with Gasteiger partial charge in [-0.15, -0.1) is 0 Å². The van der Waals surface area contributed by atoms with Crippen LogP contribution in [0.15, 0.2) is 61.2 Å². The molecule has 0 aliphatic carbocycles. The van der Waals surface area contributed by atoms with Crippen molar-refractivity contribution >= 4 is 23.2 Å².